The molecule has 39 heavy (non-hydrogen) atoms. The molecule has 0 spiro atoms. The molecule has 0 amide bonds. The van der Waals surface area contributed by atoms with Gasteiger partial charge in [0.15, 0.2) is 0 Å². The maximum atomic E-state index is 12.8. The van der Waals surface area contributed by atoms with Crippen molar-refractivity contribution < 1.29 is 28.5 Å². The van der Waals surface area contributed by atoms with Crippen molar-refractivity contribution in [3.63, 3.8) is 0 Å². The van der Waals surface area contributed by atoms with Crippen molar-refractivity contribution in [2.75, 3.05) is 13.2 Å². The molecule has 6 nitrogen and oxygen atoms in total. The number of rotatable bonds is 15. The molecular weight excluding hydrogens is 492 g/mol. The van der Waals surface area contributed by atoms with Crippen LogP contribution in [0.4, 0.5) is 0 Å². The Balaban J connectivity index is 1.35. The van der Waals surface area contributed by atoms with Gasteiger partial charge in [0.2, 0.25) is 0 Å². The molecule has 0 N–H and O–H groups in total. The highest BCUT2D eigenvalue weighted by Crippen LogP contribution is 2.35. The molecule has 212 valence electrons. The molecule has 1 aliphatic carbocycles. The predicted octanol–water partition coefficient (Wildman–Crippen LogP) is 7.55. The number of carbonyl (C=O) groups excluding carboxylic acids is 2. The molecule has 0 heterocycles. The molecule has 1 saturated carbocycles. The van der Waals surface area contributed by atoms with Crippen LogP contribution in [0, 0.1) is 17.8 Å². The Hall–Kier alpha value is -3.28. The van der Waals surface area contributed by atoms with E-state index in [4.69, 9.17) is 18.9 Å². The van der Waals surface area contributed by atoms with Crippen molar-refractivity contribution >= 4 is 11.9 Å². The number of hydrogen-bond acceptors (Lipinski definition) is 6. The third kappa shape index (κ3) is 10.4. The van der Waals surface area contributed by atoms with Crippen molar-refractivity contribution in [1.29, 1.82) is 0 Å². The molecule has 0 aromatic heterocycles. The summed E-state index contributed by atoms with van der Waals surface area (Å²) in [5.41, 5.74) is 1.59. The minimum atomic E-state index is -0.369. The number of benzene rings is 2. The Morgan fingerprint density at radius 1 is 0.897 bits per heavy atom. The van der Waals surface area contributed by atoms with E-state index in [1.54, 1.807) is 12.1 Å². The Kier molecular flexibility index (Phi) is 12.4. The predicted molar refractivity (Wildman–Crippen MR) is 153 cm³/mol. The van der Waals surface area contributed by atoms with Crippen molar-refractivity contribution in [2.45, 2.75) is 78.4 Å². The van der Waals surface area contributed by atoms with Gasteiger partial charge < -0.3 is 18.9 Å². The van der Waals surface area contributed by atoms with Crippen LogP contribution in [0.25, 0.3) is 0 Å². The highest BCUT2D eigenvalue weighted by molar-refractivity contribution is 5.89. The summed E-state index contributed by atoms with van der Waals surface area (Å²) < 4.78 is 22.7. The van der Waals surface area contributed by atoms with E-state index in [-0.39, 0.29) is 18.0 Å². The van der Waals surface area contributed by atoms with Crippen molar-refractivity contribution in [1.82, 2.24) is 0 Å². The summed E-state index contributed by atoms with van der Waals surface area (Å²) in [4.78, 5) is 23.8. The van der Waals surface area contributed by atoms with E-state index in [9.17, 15) is 9.59 Å². The standard InChI is InChI=1S/C33H44O6/c1-5-32(34)37-21-9-7-6-8-20-36-28-15-11-26(12-16-28)23-38-29-17-13-27(14-18-29)33(35)39-31-22-25(4)10-19-30(31)24(2)3/h5,11-18,24-25,30-31H,1,6-10,19-23H2,2-4H3. The van der Waals surface area contributed by atoms with E-state index in [0.29, 0.717) is 48.9 Å². The number of hydrogen-bond donors (Lipinski definition) is 0. The van der Waals surface area contributed by atoms with Gasteiger partial charge in [0.1, 0.15) is 24.2 Å². The smallest absolute Gasteiger partial charge is 0.338 e. The lowest BCUT2D eigenvalue weighted by Crippen LogP contribution is -2.35. The number of ether oxygens (including phenoxy) is 4. The molecule has 3 rings (SSSR count). The highest BCUT2D eigenvalue weighted by atomic mass is 16.5. The van der Waals surface area contributed by atoms with Gasteiger partial charge >= 0.3 is 11.9 Å². The Bertz CT molecular complexity index is 1030. The average Bonchev–Trinajstić information content (AvgIpc) is 2.94. The molecule has 0 bridgehead atoms. The zero-order valence-corrected chi connectivity index (χ0v) is 23.7. The van der Waals surface area contributed by atoms with Gasteiger partial charge in [-0.2, -0.15) is 0 Å². The molecule has 2 aromatic rings. The second-order valence-corrected chi connectivity index (χ2v) is 10.9. The summed E-state index contributed by atoms with van der Waals surface area (Å²) in [5, 5.41) is 0. The van der Waals surface area contributed by atoms with Crippen LogP contribution in [0.1, 0.15) is 81.6 Å². The Morgan fingerprint density at radius 2 is 1.54 bits per heavy atom. The van der Waals surface area contributed by atoms with E-state index in [0.717, 1.165) is 49.8 Å². The first-order valence-electron chi connectivity index (χ1n) is 14.3. The molecule has 0 radical (unpaired) electrons. The van der Waals surface area contributed by atoms with Gasteiger partial charge in [0.05, 0.1) is 18.8 Å². The summed E-state index contributed by atoms with van der Waals surface area (Å²) in [6, 6.07) is 15.1. The van der Waals surface area contributed by atoms with Gasteiger partial charge in [0.25, 0.3) is 0 Å². The normalized spacial score (nSPS) is 18.8. The Morgan fingerprint density at radius 3 is 2.21 bits per heavy atom. The number of esters is 2. The zero-order valence-electron chi connectivity index (χ0n) is 23.7. The fraction of sp³-hybridized carbons (Fsp3) is 0.515. The summed E-state index contributed by atoms with van der Waals surface area (Å²) in [6.45, 7) is 11.6. The maximum Gasteiger partial charge on any atom is 0.338 e. The first-order chi connectivity index (χ1) is 18.9. The third-order valence-corrected chi connectivity index (χ3v) is 7.36. The van der Waals surface area contributed by atoms with Crippen LogP contribution in [0.5, 0.6) is 11.5 Å². The van der Waals surface area contributed by atoms with Gasteiger partial charge in [-0.3, -0.25) is 0 Å². The molecule has 0 saturated heterocycles. The molecule has 3 atom stereocenters. The first kappa shape index (κ1) is 30.3. The van der Waals surface area contributed by atoms with Crippen LogP contribution in [-0.4, -0.2) is 31.3 Å². The summed E-state index contributed by atoms with van der Waals surface area (Å²) in [7, 11) is 0. The van der Waals surface area contributed by atoms with E-state index in [1.165, 1.54) is 12.5 Å². The fourth-order valence-corrected chi connectivity index (χ4v) is 4.97. The van der Waals surface area contributed by atoms with Gasteiger partial charge in [-0.15, -0.1) is 0 Å². The van der Waals surface area contributed by atoms with Gasteiger partial charge in [0, 0.05) is 6.08 Å². The summed E-state index contributed by atoms with van der Waals surface area (Å²) in [5.74, 6) is 2.43. The van der Waals surface area contributed by atoms with E-state index in [1.807, 2.05) is 36.4 Å². The second-order valence-electron chi connectivity index (χ2n) is 10.9. The van der Waals surface area contributed by atoms with E-state index < -0.39 is 0 Å². The molecular formula is C33H44O6. The zero-order chi connectivity index (χ0) is 28.0. The topological polar surface area (TPSA) is 71.1 Å². The average molecular weight is 537 g/mol. The lowest BCUT2D eigenvalue weighted by molar-refractivity contribution is -0.137. The minimum Gasteiger partial charge on any atom is -0.494 e. The quantitative estimate of drug-likeness (QED) is 0.133. The largest absolute Gasteiger partial charge is 0.494 e. The minimum absolute atomic E-state index is 0.00952. The van der Waals surface area contributed by atoms with Gasteiger partial charge in [-0.05, 0) is 98.2 Å². The lowest BCUT2D eigenvalue weighted by Gasteiger charge is -2.36. The molecule has 6 heteroatoms. The van der Waals surface area contributed by atoms with E-state index in [2.05, 4.69) is 27.4 Å². The fourth-order valence-electron chi connectivity index (χ4n) is 4.97. The van der Waals surface area contributed by atoms with Crippen LogP contribution in [0.15, 0.2) is 61.2 Å². The van der Waals surface area contributed by atoms with E-state index >= 15 is 0 Å². The SMILES string of the molecule is C=CC(=O)OCCCCCCOc1ccc(COc2ccc(C(=O)OC3CC(C)CCC3C(C)C)cc2)cc1. The summed E-state index contributed by atoms with van der Waals surface area (Å²) in [6.07, 6.45) is 8.24. The number of unbranched alkanes of at least 4 members (excludes halogenated alkanes) is 3. The highest BCUT2D eigenvalue weighted by Gasteiger charge is 2.33. The molecule has 2 aromatic carbocycles. The first-order valence-corrected chi connectivity index (χ1v) is 14.3. The second kappa shape index (κ2) is 16.0. The maximum absolute atomic E-state index is 12.8. The van der Waals surface area contributed by atoms with Crippen LogP contribution in [0.3, 0.4) is 0 Å². The van der Waals surface area contributed by atoms with Crippen LogP contribution in [-0.2, 0) is 20.9 Å². The van der Waals surface area contributed by atoms with Crippen molar-refractivity contribution in [2.24, 2.45) is 17.8 Å². The Labute approximate surface area is 233 Å². The molecule has 0 aliphatic heterocycles. The third-order valence-electron chi connectivity index (χ3n) is 7.36. The van der Waals surface area contributed by atoms with Crippen molar-refractivity contribution in [3.05, 3.63) is 72.3 Å². The molecule has 1 aliphatic rings. The van der Waals surface area contributed by atoms with Crippen molar-refractivity contribution in [3.8, 4) is 11.5 Å². The lowest BCUT2D eigenvalue weighted by atomic mass is 9.75. The van der Waals surface area contributed by atoms with Crippen LogP contribution in [0.2, 0.25) is 0 Å². The molecule has 1 fully saturated rings. The van der Waals surface area contributed by atoms with Gasteiger partial charge in [-0.25, -0.2) is 9.59 Å². The monoisotopic (exact) mass is 536 g/mol. The van der Waals surface area contributed by atoms with Crippen LogP contribution < -0.4 is 9.47 Å². The van der Waals surface area contributed by atoms with Crippen LogP contribution >= 0.6 is 0 Å². The summed E-state index contributed by atoms with van der Waals surface area (Å²) >= 11 is 0. The van der Waals surface area contributed by atoms with Gasteiger partial charge in [-0.1, -0.05) is 45.9 Å². The molecule has 3 unspecified atom stereocenters. The number of carbonyl (C=O) groups is 2.